The van der Waals surface area contributed by atoms with Crippen LogP contribution in [0.3, 0.4) is 0 Å². The van der Waals surface area contributed by atoms with Crippen LogP contribution < -0.4 is 0 Å². The van der Waals surface area contributed by atoms with E-state index in [-0.39, 0.29) is 5.41 Å². The molecule has 0 radical (unpaired) electrons. The highest BCUT2D eigenvalue weighted by Crippen LogP contribution is 2.29. The Kier molecular flexibility index (Phi) is 6.94. The van der Waals surface area contributed by atoms with Crippen LogP contribution in [0.4, 0.5) is 0 Å². The molecule has 0 aliphatic rings. The van der Waals surface area contributed by atoms with Gasteiger partial charge in [-0.25, -0.2) is 0 Å². The van der Waals surface area contributed by atoms with Crippen molar-refractivity contribution < 1.29 is 4.74 Å². The average molecular weight is 275 g/mol. The Morgan fingerprint density at radius 2 is 1.76 bits per heavy atom. The number of halogens is 2. The molecule has 0 aromatic heterocycles. The molecule has 0 N–H and O–H groups in total. The van der Waals surface area contributed by atoms with Gasteiger partial charge in [-0.05, 0) is 23.8 Å². The molecule has 0 saturated carbocycles. The number of ether oxygens (including phenoxy) is 1. The fraction of sp³-hybridized carbons (Fsp3) is 0.571. The van der Waals surface area contributed by atoms with Gasteiger partial charge in [0.15, 0.2) is 0 Å². The zero-order valence-electron chi connectivity index (χ0n) is 10.3. The van der Waals surface area contributed by atoms with Gasteiger partial charge in [0.1, 0.15) is 0 Å². The number of rotatable bonds is 8. The van der Waals surface area contributed by atoms with E-state index in [1.165, 1.54) is 5.56 Å². The monoisotopic (exact) mass is 274 g/mol. The smallest absolute Gasteiger partial charge is 0.0716 e. The summed E-state index contributed by atoms with van der Waals surface area (Å²) in [6.45, 7) is 3.50. The van der Waals surface area contributed by atoms with Crippen molar-refractivity contribution in [3.05, 3.63) is 35.9 Å². The molecule has 0 amide bonds. The third-order valence-corrected chi connectivity index (χ3v) is 4.34. The Balaban J connectivity index is 2.28. The van der Waals surface area contributed by atoms with Crippen molar-refractivity contribution in [2.75, 3.05) is 18.4 Å². The molecule has 1 nitrogen and oxygen atoms in total. The van der Waals surface area contributed by atoms with Crippen molar-refractivity contribution in [1.82, 2.24) is 0 Å². The number of alkyl halides is 2. The van der Waals surface area contributed by atoms with Crippen molar-refractivity contribution in [2.24, 2.45) is 5.41 Å². The summed E-state index contributed by atoms with van der Waals surface area (Å²) in [6.07, 6.45) is 1.91. The van der Waals surface area contributed by atoms with Gasteiger partial charge in [0.2, 0.25) is 0 Å². The minimum absolute atomic E-state index is 0.0276. The molecular formula is C14H20Cl2O. The fourth-order valence-electron chi connectivity index (χ4n) is 1.59. The first-order valence-electron chi connectivity index (χ1n) is 6.00. The van der Waals surface area contributed by atoms with Crippen LogP contribution in [0.2, 0.25) is 0 Å². The van der Waals surface area contributed by atoms with Crippen LogP contribution in [-0.4, -0.2) is 18.4 Å². The number of benzene rings is 1. The summed E-state index contributed by atoms with van der Waals surface area (Å²) in [5, 5.41) is 0. The molecule has 0 unspecified atom stereocenters. The first-order valence-corrected chi connectivity index (χ1v) is 7.07. The minimum atomic E-state index is 0.0276. The lowest BCUT2D eigenvalue weighted by Gasteiger charge is -2.27. The van der Waals surface area contributed by atoms with E-state index in [4.69, 9.17) is 27.9 Å². The Morgan fingerprint density at radius 1 is 1.12 bits per heavy atom. The Bertz CT molecular complexity index is 288. The van der Waals surface area contributed by atoms with Gasteiger partial charge in [0.05, 0.1) is 6.61 Å². The van der Waals surface area contributed by atoms with Crippen LogP contribution in [0.25, 0.3) is 0 Å². The van der Waals surface area contributed by atoms with E-state index in [0.717, 1.165) is 12.8 Å². The summed E-state index contributed by atoms with van der Waals surface area (Å²) < 4.78 is 5.66. The largest absolute Gasteiger partial charge is 0.377 e. The normalized spacial score (nSPS) is 11.7. The zero-order chi connectivity index (χ0) is 12.6. The van der Waals surface area contributed by atoms with Crippen LogP contribution in [0.5, 0.6) is 0 Å². The quantitative estimate of drug-likeness (QED) is 0.502. The first-order chi connectivity index (χ1) is 8.26. The Morgan fingerprint density at radius 3 is 2.29 bits per heavy atom. The Labute approximate surface area is 114 Å². The molecule has 1 rings (SSSR count). The summed E-state index contributed by atoms with van der Waals surface area (Å²) in [7, 11) is 0. The average Bonchev–Trinajstić information content (AvgIpc) is 2.41. The second-order valence-electron chi connectivity index (χ2n) is 4.41. The van der Waals surface area contributed by atoms with Crippen molar-refractivity contribution >= 4 is 23.2 Å². The highest BCUT2D eigenvalue weighted by Gasteiger charge is 2.25. The standard InChI is InChI=1S/C14H20Cl2O/c1-2-14(11-15,12-16)8-9-17-10-13-6-4-3-5-7-13/h3-7H,2,8-12H2,1H3. The van der Waals surface area contributed by atoms with Crippen LogP contribution in [0, 0.1) is 5.41 Å². The molecule has 0 saturated heterocycles. The van der Waals surface area contributed by atoms with Gasteiger partial charge in [-0.1, -0.05) is 37.3 Å². The van der Waals surface area contributed by atoms with E-state index in [2.05, 4.69) is 19.1 Å². The molecule has 17 heavy (non-hydrogen) atoms. The maximum absolute atomic E-state index is 5.98. The zero-order valence-corrected chi connectivity index (χ0v) is 11.8. The van der Waals surface area contributed by atoms with E-state index in [0.29, 0.717) is 25.0 Å². The van der Waals surface area contributed by atoms with E-state index in [1.807, 2.05) is 18.2 Å². The molecule has 0 aliphatic carbocycles. The van der Waals surface area contributed by atoms with Gasteiger partial charge in [0.25, 0.3) is 0 Å². The van der Waals surface area contributed by atoms with E-state index < -0.39 is 0 Å². The molecule has 0 fully saturated rings. The summed E-state index contributed by atoms with van der Waals surface area (Å²) in [5.74, 6) is 1.20. The molecule has 0 aliphatic heterocycles. The van der Waals surface area contributed by atoms with Crippen molar-refractivity contribution in [3.8, 4) is 0 Å². The third-order valence-electron chi connectivity index (χ3n) is 3.21. The predicted octanol–water partition coefficient (Wildman–Crippen LogP) is 4.47. The molecular weight excluding hydrogens is 255 g/mol. The van der Waals surface area contributed by atoms with Gasteiger partial charge >= 0.3 is 0 Å². The van der Waals surface area contributed by atoms with Crippen molar-refractivity contribution in [2.45, 2.75) is 26.4 Å². The SMILES string of the molecule is CCC(CCl)(CCl)CCOCc1ccccc1. The number of hydrogen-bond donors (Lipinski definition) is 0. The van der Waals surface area contributed by atoms with Crippen molar-refractivity contribution in [1.29, 1.82) is 0 Å². The predicted molar refractivity (Wildman–Crippen MR) is 74.9 cm³/mol. The maximum atomic E-state index is 5.98. The summed E-state index contributed by atoms with van der Waals surface area (Å²) in [4.78, 5) is 0. The van der Waals surface area contributed by atoms with Gasteiger partial charge in [0, 0.05) is 18.4 Å². The molecule has 1 aromatic carbocycles. The highest BCUT2D eigenvalue weighted by atomic mass is 35.5. The van der Waals surface area contributed by atoms with Crippen molar-refractivity contribution in [3.63, 3.8) is 0 Å². The van der Waals surface area contributed by atoms with E-state index in [1.54, 1.807) is 0 Å². The molecule has 96 valence electrons. The van der Waals surface area contributed by atoms with Crippen LogP contribution in [-0.2, 0) is 11.3 Å². The highest BCUT2D eigenvalue weighted by molar-refractivity contribution is 6.21. The first kappa shape index (κ1) is 14.8. The van der Waals surface area contributed by atoms with Crippen LogP contribution in [0.15, 0.2) is 30.3 Å². The van der Waals surface area contributed by atoms with E-state index in [9.17, 15) is 0 Å². The maximum Gasteiger partial charge on any atom is 0.0716 e. The minimum Gasteiger partial charge on any atom is -0.377 e. The summed E-state index contributed by atoms with van der Waals surface area (Å²) >= 11 is 12.0. The Hall–Kier alpha value is -0.240. The van der Waals surface area contributed by atoms with E-state index >= 15 is 0 Å². The molecule has 0 spiro atoms. The molecule has 3 heteroatoms. The summed E-state index contributed by atoms with van der Waals surface area (Å²) in [6, 6.07) is 10.2. The van der Waals surface area contributed by atoms with Crippen LogP contribution >= 0.6 is 23.2 Å². The lowest BCUT2D eigenvalue weighted by atomic mass is 9.86. The van der Waals surface area contributed by atoms with Gasteiger partial charge in [-0.15, -0.1) is 23.2 Å². The third kappa shape index (κ3) is 4.87. The fourth-order valence-corrected chi connectivity index (χ4v) is 2.52. The second kappa shape index (κ2) is 7.97. The molecule has 1 aromatic rings. The summed E-state index contributed by atoms with van der Waals surface area (Å²) in [5.41, 5.74) is 1.23. The topological polar surface area (TPSA) is 9.23 Å². The molecule has 0 heterocycles. The second-order valence-corrected chi connectivity index (χ2v) is 4.94. The van der Waals surface area contributed by atoms with Gasteiger partial charge in [-0.3, -0.25) is 0 Å². The lowest BCUT2D eigenvalue weighted by molar-refractivity contribution is 0.0927. The van der Waals surface area contributed by atoms with Gasteiger partial charge < -0.3 is 4.74 Å². The van der Waals surface area contributed by atoms with Crippen LogP contribution in [0.1, 0.15) is 25.3 Å². The molecule has 0 atom stereocenters. The van der Waals surface area contributed by atoms with Gasteiger partial charge in [-0.2, -0.15) is 0 Å². The lowest BCUT2D eigenvalue weighted by Crippen LogP contribution is -2.26. The number of hydrogen-bond acceptors (Lipinski definition) is 1. The molecule has 0 bridgehead atoms.